The van der Waals surface area contributed by atoms with Crippen molar-refractivity contribution < 1.29 is 14.3 Å². The lowest BCUT2D eigenvalue weighted by Gasteiger charge is -2.19. The Morgan fingerprint density at radius 1 is 1.05 bits per heavy atom. The number of carbonyl (C=O) groups is 1. The molecule has 0 unspecified atom stereocenters. The number of amides is 1. The van der Waals surface area contributed by atoms with E-state index in [-0.39, 0.29) is 5.91 Å². The topological polar surface area (TPSA) is 50.8 Å². The first-order valence-corrected chi connectivity index (χ1v) is 7.96. The normalized spacial score (nSPS) is 15.9. The molecule has 0 aromatic heterocycles. The van der Waals surface area contributed by atoms with E-state index in [4.69, 9.17) is 9.47 Å². The van der Waals surface area contributed by atoms with Crippen molar-refractivity contribution in [2.24, 2.45) is 0 Å². The van der Waals surface area contributed by atoms with Gasteiger partial charge in [0, 0.05) is 36.9 Å². The van der Waals surface area contributed by atoms with E-state index in [1.54, 1.807) is 32.4 Å². The van der Waals surface area contributed by atoms with Gasteiger partial charge in [0.2, 0.25) is 5.91 Å². The Bertz CT molecular complexity index is 461. The van der Waals surface area contributed by atoms with E-state index in [1.807, 2.05) is 0 Å². The zero-order chi connectivity index (χ0) is 15.8. The van der Waals surface area contributed by atoms with Crippen LogP contribution in [0.15, 0.2) is 18.2 Å². The van der Waals surface area contributed by atoms with Gasteiger partial charge in [-0.2, -0.15) is 0 Å². The first kappa shape index (κ1) is 16.6. The minimum absolute atomic E-state index is 0.0274. The van der Waals surface area contributed by atoms with Crippen LogP contribution in [-0.2, 0) is 4.79 Å². The predicted molar refractivity (Wildman–Crippen MR) is 87.7 cm³/mol. The molecule has 1 aromatic carbocycles. The summed E-state index contributed by atoms with van der Waals surface area (Å²) in [5.74, 6) is 1.36. The molecule has 122 valence electrons. The fourth-order valence-corrected chi connectivity index (χ4v) is 2.72. The molecule has 1 aliphatic rings. The largest absolute Gasteiger partial charge is 0.497 e. The molecule has 0 aliphatic carbocycles. The predicted octanol–water partition coefficient (Wildman–Crippen LogP) is 2.91. The van der Waals surface area contributed by atoms with Crippen molar-refractivity contribution >= 4 is 11.6 Å². The van der Waals surface area contributed by atoms with Crippen LogP contribution < -0.4 is 14.8 Å². The summed E-state index contributed by atoms with van der Waals surface area (Å²) in [5, 5.41) is 2.92. The highest BCUT2D eigenvalue weighted by Gasteiger charge is 2.11. The van der Waals surface area contributed by atoms with Crippen molar-refractivity contribution in [2.75, 3.05) is 39.2 Å². The van der Waals surface area contributed by atoms with Gasteiger partial charge in [0.1, 0.15) is 11.5 Å². The number of nitrogens with zero attached hydrogens (tertiary/aromatic N) is 1. The van der Waals surface area contributed by atoms with Crippen LogP contribution in [0.5, 0.6) is 11.5 Å². The number of ether oxygens (including phenoxy) is 2. The van der Waals surface area contributed by atoms with Gasteiger partial charge in [0.15, 0.2) is 0 Å². The van der Waals surface area contributed by atoms with Gasteiger partial charge in [-0.25, -0.2) is 0 Å². The number of methoxy groups -OCH3 is 2. The van der Waals surface area contributed by atoms with E-state index in [2.05, 4.69) is 10.2 Å². The molecular formula is C17H26N2O3. The molecule has 0 spiro atoms. The lowest BCUT2D eigenvalue weighted by molar-refractivity contribution is -0.116. The molecule has 22 heavy (non-hydrogen) atoms. The van der Waals surface area contributed by atoms with E-state index in [0.29, 0.717) is 23.6 Å². The smallest absolute Gasteiger partial charge is 0.225 e. The van der Waals surface area contributed by atoms with E-state index < -0.39 is 0 Å². The van der Waals surface area contributed by atoms with Crippen LogP contribution in [0.4, 0.5) is 5.69 Å². The highest BCUT2D eigenvalue weighted by atomic mass is 16.5. The molecule has 5 nitrogen and oxygen atoms in total. The Hall–Kier alpha value is -1.75. The SMILES string of the molecule is COc1cc(NC(=O)CCN2CCCCCC2)cc(OC)c1. The fraction of sp³-hybridized carbons (Fsp3) is 0.588. The second kappa shape index (κ2) is 8.63. The summed E-state index contributed by atoms with van der Waals surface area (Å²) in [7, 11) is 3.19. The van der Waals surface area contributed by atoms with Gasteiger partial charge in [0.25, 0.3) is 0 Å². The molecule has 1 heterocycles. The standard InChI is InChI=1S/C17H26N2O3/c1-21-15-11-14(12-16(13-15)22-2)18-17(20)7-10-19-8-5-3-4-6-9-19/h11-13H,3-10H2,1-2H3,(H,18,20). The summed E-state index contributed by atoms with van der Waals surface area (Å²) in [6.45, 7) is 3.05. The van der Waals surface area contributed by atoms with Crippen molar-refractivity contribution in [1.82, 2.24) is 4.90 Å². The van der Waals surface area contributed by atoms with Crippen LogP contribution in [0.1, 0.15) is 32.1 Å². The molecule has 1 aromatic rings. The van der Waals surface area contributed by atoms with Gasteiger partial charge >= 0.3 is 0 Å². The maximum atomic E-state index is 12.1. The van der Waals surface area contributed by atoms with Crippen LogP contribution in [0, 0.1) is 0 Å². The number of nitrogens with one attached hydrogen (secondary N) is 1. The molecule has 0 atom stereocenters. The molecule has 1 N–H and O–H groups in total. The number of carbonyl (C=O) groups excluding carboxylic acids is 1. The minimum atomic E-state index is 0.0274. The monoisotopic (exact) mass is 306 g/mol. The Morgan fingerprint density at radius 3 is 2.18 bits per heavy atom. The lowest BCUT2D eigenvalue weighted by Crippen LogP contribution is -2.28. The Kier molecular flexibility index (Phi) is 6.52. The van der Waals surface area contributed by atoms with Crippen LogP contribution in [0.2, 0.25) is 0 Å². The maximum absolute atomic E-state index is 12.1. The lowest BCUT2D eigenvalue weighted by atomic mass is 10.2. The zero-order valence-corrected chi connectivity index (χ0v) is 13.6. The highest BCUT2D eigenvalue weighted by Crippen LogP contribution is 2.25. The number of benzene rings is 1. The van der Waals surface area contributed by atoms with Crippen LogP contribution in [0.3, 0.4) is 0 Å². The van der Waals surface area contributed by atoms with Gasteiger partial charge in [-0.05, 0) is 25.9 Å². The van der Waals surface area contributed by atoms with Gasteiger partial charge in [0.05, 0.1) is 14.2 Å². The Labute approximate surface area is 132 Å². The quantitative estimate of drug-likeness (QED) is 0.878. The molecule has 5 heteroatoms. The van der Waals surface area contributed by atoms with Crippen molar-refractivity contribution in [3.8, 4) is 11.5 Å². The van der Waals surface area contributed by atoms with E-state index in [1.165, 1.54) is 25.7 Å². The van der Waals surface area contributed by atoms with Crippen LogP contribution in [0.25, 0.3) is 0 Å². The molecule has 1 aliphatic heterocycles. The minimum Gasteiger partial charge on any atom is -0.497 e. The maximum Gasteiger partial charge on any atom is 0.225 e. The molecule has 1 amide bonds. The summed E-state index contributed by atoms with van der Waals surface area (Å²) in [6.07, 6.45) is 5.63. The van der Waals surface area contributed by atoms with Gasteiger partial charge < -0.3 is 19.7 Å². The first-order valence-electron chi connectivity index (χ1n) is 7.96. The number of hydrogen-bond acceptors (Lipinski definition) is 4. The molecular weight excluding hydrogens is 280 g/mol. The molecule has 1 saturated heterocycles. The number of hydrogen-bond donors (Lipinski definition) is 1. The van der Waals surface area contributed by atoms with Crippen LogP contribution in [-0.4, -0.2) is 44.7 Å². The highest BCUT2D eigenvalue weighted by molar-refractivity contribution is 5.91. The fourth-order valence-electron chi connectivity index (χ4n) is 2.72. The van der Waals surface area contributed by atoms with E-state index in [0.717, 1.165) is 19.6 Å². The molecule has 0 radical (unpaired) electrons. The number of likely N-dealkylation sites (tertiary alicyclic amines) is 1. The van der Waals surface area contributed by atoms with Gasteiger partial charge in [-0.1, -0.05) is 12.8 Å². The third-order valence-electron chi connectivity index (χ3n) is 3.99. The molecule has 2 rings (SSSR count). The number of anilines is 1. The molecule has 0 saturated carbocycles. The Balaban J connectivity index is 1.85. The van der Waals surface area contributed by atoms with Crippen molar-refractivity contribution in [1.29, 1.82) is 0 Å². The van der Waals surface area contributed by atoms with E-state index in [9.17, 15) is 4.79 Å². The molecule has 0 bridgehead atoms. The van der Waals surface area contributed by atoms with Gasteiger partial charge in [-0.3, -0.25) is 4.79 Å². The van der Waals surface area contributed by atoms with Crippen molar-refractivity contribution in [2.45, 2.75) is 32.1 Å². The summed E-state index contributed by atoms with van der Waals surface area (Å²) in [5.41, 5.74) is 0.706. The van der Waals surface area contributed by atoms with Crippen molar-refractivity contribution in [3.05, 3.63) is 18.2 Å². The van der Waals surface area contributed by atoms with Crippen LogP contribution >= 0.6 is 0 Å². The number of rotatable bonds is 6. The average Bonchev–Trinajstić information content (AvgIpc) is 2.81. The second-order valence-electron chi connectivity index (χ2n) is 5.66. The summed E-state index contributed by atoms with van der Waals surface area (Å²) in [4.78, 5) is 14.5. The summed E-state index contributed by atoms with van der Waals surface area (Å²) in [6, 6.07) is 5.38. The zero-order valence-electron chi connectivity index (χ0n) is 13.6. The van der Waals surface area contributed by atoms with Crippen molar-refractivity contribution in [3.63, 3.8) is 0 Å². The van der Waals surface area contributed by atoms with Gasteiger partial charge in [-0.15, -0.1) is 0 Å². The third kappa shape index (κ3) is 5.22. The third-order valence-corrected chi connectivity index (χ3v) is 3.99. The summed E-state index contributed by atoms with van der Waals surface area (Å²) < 4.78 is 10.4. The average molecular weight is 306 g/mol. The van der Waals surface area contributed by atoms with E-state index >= 15 is 0 Å². The first-order chi connectivity index (χ1) is 10.7. The Morgan fingerprint density at radius 2 is 1.64 bits per heavy atom. The second-order valence-corrected chi connectivity index (χ2v) is 5.66. The summed E-state index contributed by atoms with van der Waals surface area (Å²) >= 11 is 0. The molecule has 1 fully saturated rings.